The normalized spacial score (nSPS) is 18.9. The summed E-state index contributed by atoms with van der Waals surface area (Å²) in [4.78, 5) is 27.1. The average Bonchev–Trinajstić information content (AvgIpc) is 2.96. The third-order valence-electron chi connectivity index (χ3n) is 4.97. The number of thioether (sulfide) groups is 1. The molecule has 1 aliphatic carbocycles. The number of carbonyl (C=O) groups is 2. The van der Waals surface area contributed by atoms with Crippen molar-refractivity contribution in [3.63, 3.8) is 0 Å². The number of terminal acetylenes is 1. The van der Waals surface area contributed by atoms with E-state index in [-0.39, 0.29) is 17.8 Å². The quantitative estimate of drug-likeness (QED) is 0.274. The maximum absolute atomic E-state index is 12.8. The van der Waals surface area contributed by atoms with Crippen molar-refractivity contribution in [1.82, 2.24) is 4.90 Å². The molecule has 1 aromatic rings. The van der Waals surface area contributed by atoms with Crippen LogP contribution in [0.2, 0.25) is 0 Å². The van der Waals surface area contributed by atoms with Gasteiger partial charge < -0.3 is 9.47 Å². The molecule has 29 heavy (non-hydrogen) atoms. The topological polar surface area (TPSA) is 55.8 Å². The van der Waals surface area contributed by atoms with E-state index in [2.05, 4.69) is 28.5 Å². The van der Waals surface area contributed by atoms with Gasteiger partial charge in [-0.3, -0.25) is 14.5 Å². The molecule has 1 saturated heterocycles. The summed E-state index contributed by atoms with van der Waals surface area (Å²) < 4.78 is 12.1. The largest absolute Gasteiger partial charge is 0.490 e. The van der Waals surface area contributed by atoms with E-state index in [0.29, 0.717) is 35.5 Å². The fourth-order valence-electron chi connectivity index (χ4n) is 3.62. The first-order valence-corrected chi connectivity index (χ1v) is 11.7. The van der Waals surface area contributed by atoms with E-state index in [0.717, 1.165) is 33.7 Å². The fourth-order valence-corrected chi connectivity index (χ4v) is 5.25. The third kappa shape index (κ3) is 5.48. The first-order chi connectivity index (χ1) is 14.0. The summed E-state index contributed by atoms with van der Waals surface area (Å²) in [7, 11) is 0. The van der Waals surface area contributed by atoms with Crippen LogP contribution in [0.3, 0.4) is 0 Å². The number of rotatable bonds is 7. The van der Waals surface area contributed by atoms with Gasteiger partial charge in [0.25, 0.3) is 11.1 Å². The summed E-state index contributed by atoms with van der Waals surface area (Å²) in [5.74, 6) is 3.84. The molecule has 1 aliphatic heterocycles. The zero-order chi connectivity index (χ0) is 20.8. The monoisotopic (exact) mass is 525 g/mol. The molecule has 0 N–H and O–H groups in total. The van der Waals surface area contributed by atoms with E-state index in [1.807, 2.05) is 19.1 Å². The Kier molecular flexibility index (Phi) is 7.90. The van der Waals surface area contributed by atoms with Crippen molar-refractivity contribution in [2.24, 2.45) is 5.92 Å². The molecule has 0 aromatic heterocycles. The second kappa shape index (κ2) is 10.4. The number of imide groups is 1. The number of hydrogen-bond donors (Lipinski definition) is 0. The summed E-state index contributed by atoms with van der Waals surface area (Å²) in [5, 5.41) is -0.180. The lowest BCUT2D eigenvalue weighted by Gasteiger charge is -2.25. The number of nitrogens with zero attached hydrogens (tertiary/aromatic N) is 1. The van der Waals surface area contributed by atoms with Crippen molar-refractivity contribution < 1.29 is 19.1 Å². The maximum Gasteiger partial charge on any atom is 0.293 e. The molecule has 2 amide bonds. The standard InChI is InChI=1S/C22H24INO4S/c1-3-10-28-20-17(23)11-16(12-18(20)27-4-2)13-19-21(25)24(22(26)29-19)14-15-8-6-5-7-9-15/h1,11-13,15H,4-10,14H2,2H3/b19-13+. The van der Waals surface area contributed by atoms with Crippen LogP contribution in [-0.2, 0) is 4.79 Å². The number of halogens is 1. The number of ether oxygens (including phenoxy) is 2. The van der Waals surface area contributed by atoms with Crippen LogP contribution in [0.1, 0.15) is 44.6 Å². The molecule has 3 rings (SSSR count). The Balaban J connectivity index is 1.81. The highest BCUT2D eigenvalue weighted by molar-refractivity contribution is 14.1. The third-order valence-corrected chi connectivity index (χ3v) is 6.68. The van der Waals surface area contributed by atoms with E-state index < -0.39 is 0 Å². The highest BCUT2D eigenvalue weighted by Crippen LogP contribution is 2.38. The van der Waals surface area contributed by atoms with Crippen LogP contribution in [0.4, 0.5) is 4.79 Å². The molecule has 1 saturated carbocycles. The van der Waals surface area contributed by atoms with Gasteiger partial charge in [0.2, 0.25) is 0 Å². The molecule has 0 radical (unpaired) electrons. The fraction of sp³-hybridized carbons (Fsp3) is 0.455. The van der Waals surface area contributed by atoms with Crippen molar-refractivity contribution in [3.8, 4) is 23.8 Å². The van der Waals surface area contributed by atoms with Crippen molar-refractivity contribution >= 4 is 51.6 Å². The van der Waals surface area contributed by atoms with Crippen LogP contribution in [-0.4, -0.2) is 35.8 Å². The van der Waals surface area contributed by atoms with Crippen molar-refractivity contribution in [1.29, 1.82) is 0 Å². The van der Waals surface area contributed by atoms with Gasteiger partial charge in [-0.1, -0.05) is 25.2 Å². The Morgan fingerprint density at radius 2 is 2.03 bits per heavy atom. The maximum atomic E-state index is 12.8. The lowest BCUT2D eigenvalue weighted by molar-refractivity contribution is -0.123. The molecule has 0 spiro atoms. The van der Waals surface area contributed by atoms with Crippen LogP contribution in [0.15, 0.2) is 17.0 Å². The Morgan fingerprint density at radius 3 is 2.72 bits per heavy atom. The highest BCUT2D eigenvalue weighted by atomic mass is 127. The molecule has 0 unspecified atom stereocenters. The summed E-state index contributed by atoms with van der Waals surface area (Å²) in [5.41, 5.74) is 0.786. The van der Waals surface area contributed by atoms with E-state index in [4.69, 9.17) is 15.9 Å². The van der Waals surface area contributed by atoms with Gasteiger partial charge in [-0.15, -0.1) is 6.42 Å². The second-order valence-corrected chi connectivity index (χ2v) is 9.21. The van der Waals surface area contributed by atoms with Crippen molar-refractivity contribution in [2.45, 2.75) is 39.0 Å². The zero-order valence-electron chi connectivity index (χ0n) is 16.4. The molecule has 0 atom stereocenters. The average molecular weight is 525 g/mol. The molecule has 0 bridgehead atoms. The first-order valence-electron chi connectivity index (χ1n) is 9.81. The van der Waals surface area contributed by atoms with Gasteiger partial charge in [0.05, 0.1) is 15.1 Å². The van der Waals surface area contributed by atoms with Gasteiger partial charge in [0.1, 0.15) is 6.61 Å². The molecular formula is C22H24INO4S. The molecule has 1 heterocycles. The summed E-state index contributed by atoms with van der Waals surface area (Å²) >= 11 is 3.16. The van der Waals surface area contributed by atoms with Gasteiger partial charge in [-0.25, -0.2) is 0 Å². The van der Waals surface area contributed by atoms with Gasteiger partial charge >= 0.3 is 0 Å². The lowest BCUT2D eigenvalue weighted by atomic mass is 9.89. The number of amides is 2. The Morgan fingerprint density at radius 1 is 1.28 bits per heavy atom. The molecule has 7 heteroatoms. The Labute approximate surface area is 189 Å². The van der Waals surface area contributed by atoms with E-state index >= 15 is 0 Å². The van der Waals surface area contributed by atoms with Crippen LogP contribution >= 0.6 is 34.4 Å². The second-order valence-electron chi connectivity index (χ2n) is 7.05. The van der Waals surface area contributed by atoms with Gasteiger partial charge in [0, 0.05) is 6.54 Å². The van der Waals surface area contributed by atoms with Gasteiger partial charge in [-0.2, -0.15) is 0 Å². The minimum absolute atomic E-state index is 0.148. The molecule has 1 aromatic carbocycles. The molecule has 2 fully saturated rings. The minimum Gasteiger partial charge on any atom is -0.490 e. The van der Waals surface area contributed by atoms with Crippen LogP contribution in [0.25, 0.3) is 6.08 Å². The van der Waals surface area contributed by atoms with Crippen LogP contribution in [0.5, 0.6) is 11.5 Å². The molecule has 5 nitrogen and oxygen atoms in total. The van der Waals surface area contributed by atoms with Crippen molar-refractivity contribution in [2.75, 3.05) is 19.8 Å². The SMILES string of the molecule is C#CCOc1c(I)cc(/C=C2/SC(=O)N(CC3CCCCC3)C2=O)cc1OCC. The molecule has 154 valence electrons. The van der Waals surface area contributed by atoms with E-state index in [1.165, 1.54) is 24.2 Å². The van der Waals surface area contributed by atoms with Crippen molar-refractivity contribution in [3.05, 3.63) is 26.2 Å². The first kappa shape index (κ1) is 22.0. The summed E-state index contributed by atoms with van der Waals surface area (Å²) in [6, 6.07) is 3.71. The lowest BCUT2D eigenvalue weighted by Crippen LogP contribution is -2.34. The smallest absolute Gasteiger partial charge is 0.293 e. The highest BCUT2D eigenvalue weighted by Gasteiger charge is 2.36. The Hall–Kier alpha value is -1.66. The van der Waals surface area contributed by atoms with E-state index in [9.17, 15) is 9.59 Å². The number of benzene rings is 1. The molecule has 2 aliphatic rings. The minimum atomic E-state index is -0.203. The zero-order valence-corrected chi connectivity index (χ0v) is 19.4. The van der Waals surface area contributed by atoms with Crippen LogP contribution in [0, 0.1) is 21.8 Å². The predicted octanol–water partition coefficient (Wildman–Crippen LogP) is 5.32. The van der Waals surface area contributed by atoms with E-state index in [1.54, 1.807) is 6.08 Å². The predicted molar refractivity (Wildman–Crippen MR) is 124 cm³/mol. The van der Waals surface area contributed by atoms with Crippen LogP contribution < -0.4 is 9.47 Å². The summed E-state index contributed by atoms with van der Waals surface area (Å²) in [6.45, 7) is 3.04. The number of carbonyl (C=O) groups excluding carboxylic acids is 2. The Bertz CT molecular complexity index is 855. The molecular weight excluding hydrogens is 501 g/mol. The van der Waals surface area contributed by atoms with Gasteiger partial charge in [-0.05, 0) is 83.8 Å². The van der Waals surface area contributed by atoms with Gasteiger partial charge in [0.15, 0.2) is 11.5 Å². The number of hydrogen-bond acceptors (Lipinski definition) is 5. The summed E-state index contributed by atoms with van der Waals surface area (Å²) in [6.07, 6.45) is 12.8.